The van der Waals surface area contributed by atoms with Crippen LogP contribution in [-0.2, 0) is 5.41 Å². The van der Waals surface area contributed by atoms with Gasteiger partial charge in [0.1, 0.15) is 27.9 Å². The number of para-hydroxylation sites is 3. The van der Waals surface area contributed by atoms with Gasteiger partial charge in [0.15, 0.2) is 5.58 Å². The van der Waals surface area contributed by atoms with E-state index in [1.165, 1.54) is 33.0 Å². The highest BCUT2D eigenvalue weighted by Crippen LogP contribution is 2.52. The van der Waals surface area contributed by atoms with Crippen LogP contribution in [0.5, 0.6) is 0 Å². The maximum absolute atomic E-state index is 7.13. The summed E-state index contributed by atoms with van der Waals surface area (Å²) in [5.74, 6) is 0. The van der Waals surface area contributed by atoms with Gasteiger partial charge in [-0.2, -0.15) is 0 Å². The Hall–Kier alpha value is -7.56. The molecule has 3 aromatic heterocycles. The first-order valence-electron chi connectivity index (χ1n) is 20.2. The van der Waals surface area contributed by atoms with Crippen molar-refractivity contribution in [1.82, 2.24) is 0 Å². The fraction of sp³-hybridized carbons (Fsp3) is 0.0545. The molecule has 0 atom stereocenters. The fourth-order valence-corrected chi connectivity index (χ4v) is 10.0. The maximum atomic E-state index is 7.13. The summed E-state index contributed by atoms with van der Waals surface area (Å²) < 4.78 is 20.4. The minimum absolute atomic E-state index is 0.165. The van der Waals surface area contributed by atoms with Crippen LogP contribution in [0.1, 0.15) is 25.0 Å². The molecule has 4 nitrogen and oxygen atoms in total. The van der Waals surface area contributed by atoms with Crippen LogP contribution in [0.15, 0.2) is 189 Å². The van der Waals surface area contributed by atoms with Crippen molar-refractivity contribution in [2.24, 2.45) is 0 Å². The zero-order valence-electron chi connectivity index (χ0n) is 32.4. The number of nitrogens with zero attached hydrogens (tertiary/aromatic N) is 1. The van der Waals surface area contributed by atoms with Crippen molar-refractivity contribution >= 4 is 93.7 Å². The molecule has 0 N–H and O–H groups in total. The standard InChI is InChI=1S/C55H35NO3/c1-55(2)44-18-8-5-14-37(44)38-26-24-35(29-45(38)55)56(46-19-11-17-41-39-15-6-9-20-47(39)58-53(41)46)36-25-27-40-43-31-50-52(42-16-7-10-21-48(42)57-50)51(54(43)59-49(40)30-36)34-23-22-32-12-3-4-13-33(32)28-34/h3-31H,1-2H3. The van der Waals surface area contributed by atoms with Crippen molar-refractivity contribution in [3.63, 3.8) is 0 Å². The quantitative estimate of drug-likeness (QED) is 0.179. The van der Waals surface area contributed by atoms with Crippen LogP contribution in [0.3, 0.4) is 0 Å². The Balaban J connectivity index is 1.07. The van der Waals surface area contributed by atoms with E-state index in [1.807, 2.05) is 24.3 Å². The molecule has 59 heavy (non-hydrogen) atoms. The van der Waals surface area contributed by atoms with Crippen LogP contribution in [-0.4, -0.2) is 0 Å². The molecule has 12 aromatic rings. The van der Waals surface area contributed by atoms with E-state index in [2.05, 4.69) is 170 Å². The molecule has 4 heteroatoms. The molecule has 0 saturated heterocycles. The highest BCUT2D eigenvalue weighted by molar-refractivity contribution is 6.24. The number of rotatable bonds is 4. The molecular weight excluding hydrogens is 723 g/mol. The zero-order valence-corrected chi connectivity index (χ0v) is 32.4. The maximum Gasteiger partial charge on any atom is 0.159 e. The van der Waals surface area contributed by atoms with Gasteiger partial charge >= 0.3 is 0 Å². The lowest BCUT2D eigenvalue weighted by atomic mass is 9.82. The minimum Gasteiger partial charge on any atom is -0.456 e. The lowest BCUT2D eigenvalue weighted by Gasteiger charge is -2.28. The second kappa shape index (κ2) is 11.7. The highest BCUT2D eigenvalue weighted by atomic mass is 16.3. The third-order valence-corrected chi connectivity index (χ3v) is 12.8. The van der Waals surface area contributed by atoms with Crippen LogP contribution in [0.2, 0.25) is 0 Å². The van der Waals surface area contributed by atoms with Crippen LogP contribution in [0.4, 0.5) is 17.1 Å². The summed E-state index contributed by atoms with van der Waals surface area (Å²) in [6.45, 7) is 4.66. The third-order valence-electron chi connectivity index (χ3n) is 12.8. The Morgan fingerprint density at radius 1 is 0.407 bits per heavy atom. The molecule has 0 aliphatic heterocycles. The van der Waals surface area contributed by atoms with E-state index in [9.17, 15) is 0 Å². The summed E-state index contributed by atoms with van der Waals surface area (Å²) >= 11 is 0. The Labute approximate surface area is 339 Å². The number of benzene rings is 9. The Morgan fingerprint density at radius 3 is 1.98 bits per heavy atom. The lowest BCUT2D eigenvalue weighted by molar-refractivity contribution is 0.660. The average molecular weight is 758 g/mol. The number of fused-ring (bicyclic) bond motifs is 13. The summed E-state index contributed by atoms with van der Waals surface area (Å²) in [6, 6.07) is 62.7. The number of hydrogen-bond donors (Lipinski definition) is 0. The molecule has 9 aromatic carbocycles. The first-order valence-corrected chi connectivity index (χ1v) is 20.2. The van der Waals surface area contributed by atoms with Gasteiger partial charge in [-0.25, -0.2) is 0 Å². The minimum atomic E-state index is -0.165. The SMILES string of the molecule is CC1(C)c2ccccc2-c2ccc(N(c3ccc4c(c3)oc3c(-c5ccc6ccccc6c5)c5c(cc34)oc3ccccc35)c3cccc4c3oc3ccccc34)cc21. The van der Waals surface area contributed by atoms with Crippen molar-refractivity contribution < 1.29 is 13.3 Å². The molecule has 1 aliphatic rings. The topological polar surface area (TPSA) is 42.7 Å². The summed E-state index contributed by atoms with van der Waals surface area (Å²) in [6.07, 6.45) is 0. The fourth-order valence-electron chi connectivity index (χ4n) is 10.0. The van der Waals surface area contributed by atoms with Crippen molar-refractivity contribution in [1.29, 1.82) is 0 Å². The summed E-state index contributed by atoms with van der Waals surface area (Å²) in [5, 5.41) is 8.73. The van der Waals surface area contributed by atoms with E-state index in [1.54, 1.807) is 0 Å². The van der Waals surface area contributed by atoms with Gasteiger partial charge in [0, 0.05) is 55.0 Å². The molecule has 3 heterocycles. The normalized spacial score (nSPS) is 13.4. The molecule has 0 unspecified atom stereocenters. The summed E-state index contributed by atoms with van der Waals surface area (Å²) in [5.41, 5.74) is 15.2. The number of hydrogen-bond acceptors (Lipinski definition) is 4. The molecule has 0 bridgehead atoms. The van der Waals surface area contributed by atoms with Gasteiger partial charge in [-0.1, -0.05) is 129 Å². The van der Waals surface area contributed by atoms with E-state index < -0.39 is 0 Å². The summed E-state index contributed by atoms with van der Waals surface area (Å²) in [4.78, 5) is 2.33. The van der Waals surface area contributed by atoms with E-state index in [0.29, 0.717) is 0 Å². The molecule has 0 spiro atoms. The molecule has 0 saturated carbocycles. The average Bonchev–Trinajstić information content (AvgIpc) is 4.01. The van der Waals surface area contributed by atoms with Crippen LogP contribution in [0.25, 0.3) is 98.8 Å². The summed E-state index contributed by atoms with van der Waals surface area (Å²) in [7, 11) is 0. The van der Waals surface area contributed by atoms with E-state index in [0.717, 1.165) is 94.0 Å². The third kappa shape index (κ3) is 4.54. The van der Waals surface area contributed by atoms with Gasteiger partial charge in [-0.05, 0) is 93.2 Å². The van der Waals surface area contributed by atoms with Crippen LogP contribution >= 0.6 is 0 Å². The predicted molar refractivity (Wildman–Crippen MR) is 243 cm³/mol. The van der Waals surface area contributed by atoms with Crippen LogP contribution < -0.4 is 4.90 Å². The van der Waals surface area contributed by atoms with Gasteiger partial charge in [0.05, 0.1) is 11.4 Å². The highest BCUT2D eigenvalue weighted by Gasteiger charge is 2.36. The van der Waals surface area contributed by atoms with Crippen molar-refractivity contribution in [3.8, 4) is 22.3 Å². The van der Waals surface area contributed by atoms with Gasteiger partial charge in [-0.3, -0.25) is 0 Å². The Kier molecular flexibility index (Phi) is 6.48. The first kappa shape index (κ1) is 32.5. The smallest absolute Gasteiger partial charge is 0.159 e. The Bertz CT molecular complexity index is 3730. The van der Waals surface area contributed by atoms with E-state index >= 15 is 0 Å². The largest absolute Gasteiger partial charge is 0.456 e. The van der Waals surface area contributed by atoms with Gasteiger partial charge < -0.3 is 18.2 Å². The molecular formula is C55H35NO3. The molecule has 278 valence electrons. The number of anilines is 3. The molecule has 0 amide bonds. The predicted octanol–water partition coefficient (Wildman–Crippen LogP) is 16.0. The van der Waals surface area contributed by atoms with Gasteiger partial charge in [0.2, 0.25) is 0 Å². The van der Waals surface area contributed by atoms with Crippen molar-refractivity contribution in [2.45, 2.75) is 19.3 Å². The molecule has 13 rings (SSSR count). The zero-order chi connectivity index (χ0) is 39.0. The lowest BCUT2D eigenvalue weighted by Crippen LogP contribution is -2.16. The molecule has 0 fully saturated rings. The van der Waals surface area contributed by atoms with Crippen molar-refractivity contribution in [2.75, 3.05) is 4.90 Å². The molecule has 0 radical (unpaired) electrons. The number of furan rings is 3. The first-order chi connectivity index (χ1) is 29.0. The van der Waals surface area contributed by atoms with Gasteiger partial charge in [-0.15, -0.1) is 0 Å². The monoisotopic (exact) mass is 757 g/mol. The van der Waals surface area contributed by atoms with Crippen LogP contribution in [0, 0.1) is 0 Å². The van der Waals surface area contributed by atoms with E-state index in [4.69, 9.17) is 13.3 Å². The van der Waals surface area contributed by atoms with E-state index in [-0.39, 0.29) is 5.41 Å². The Morgan fingerprint density at radius 2 is 1.08 bits per heavy atom. The second-order valence-corrected chi connectivity index (χ2v) is 16.4. The molecule has 1 aliphatic carbocycles. The second-order valence-electron chi connectivity index (χ2n) is 16.4. The van der Waals surface area contributed by atoms with Gasteiger partial charge in [0.25, 0.3) is 0 Å². The van der Waals surface area contributed by atoms with Crippen molar-refractivity contribution in [3.05, 3.63) is 187 Å².